The molecule has 0 amide bonds. The first-order chi connectivity index (χ1) is 7.11. The Hall–Kier alpha value is -0.730. The first-order valence-electron chi connectivity index (χ1n) is 6.20. The van der Waals surface area contributed by atoms with Crippen LogP contribution in [0.2, 0.25) is 0 Å². The molecule has 15 heavy (non-hydrogen) atoms. The zero-order chi connectivity index (χ0) is 10.9. The van der Waals surface area contributed by atoms with E-state index >= 15 is 0 Å². The summed E-state index contributed by atoms with van der Waals surface area (Å²) in [7, 11) is 0. The average molecular weight is 209 g/mol. The molecule has 0 radical (unpaired) electrons. The minimum absolute atomic E-state index is 0.138. The molecule has 1 heterocycles. The molecule has 1 aliphatic heterocycles. The highest BCUT2D eigenvalue weighted by molar-refractivity contribution is 5.81. The smallest absolute Gasteiger partial charge is 0.192 e. The van der Waals surface area contributed by atoms with E-state index in [2.05, 4.69) is 23.7 Å². The molecule has 1 fully saturated rings. The normalized spacial score (nSPS) is 27.6. The van der Waals surface area contributed by atoms with Crippen LogP contribution < -0.4 is 5.73 Å². The van der Waals surface area contributed by atoms with Crippen LogP contribution in [0.15, 0.2) is 4.99 Å². The summed E-state index contributed by atoms with van der Waals surface area (Å²) in [5.74, 6) is 0.770. The lowest BCUT2D eigenvalue weighted by atomic mass is 9.98. The molecule has 86 valence electrons. The van der Waals surface area contributed by atoms with Crippen LogP contribution in [0.5, 0.6) is 0 Å². The van der Waals surface area contributed by atoms with Crippen LogP contribution in [0.25, 0.3) is 0 Å². The molecule has 3 heteroatoms. The summed E-state index contributed by atoms with van der Waals surface area (Å²) in [6.45, 7) is 5.36. The van der Waals surface area contributed by atoms with Crippen LogP contribution >= 0.6 is 0 Å². The van der Waals surface area contributed by atoms with E-state index < -0.39 is 0 Å². The lowest BCUT2D eigenvalue weighted by Gasteiger charge is -2.39. The quantitative estimate of drug-likeness (QED) is 0.672. The monoisotopic (exact) mass is 209 g/mol. The maximum atomic E-state index is 6.01. The summed E-state index contributed by atoms with van der Waals surface area (Å²) in [6, 6.07) is 0.633. The zero-order valence-electron chi connectivity index (χ0n) is 10.00. The van der Waals surface area contributed by atoms with Crippen molar-refractivity contribution in [3.63, 3.8) is 0 Å². The van der Waals surface area contributed by atoms with E-state index in [4.69, 9.17) is 5.73 Å². The molecule has 1 aliphatic carbocycles. The van der Waals surface area contributed by atoms with Crippen LogP contribution in [-0.2, 0) is 0 Å². The van der Waals surface area contributed by atoms with E-state index in [1.807, 2.05) is 0 Å². The topological polar surface area (TPSA) is 41.6 Å². The van der Waals surface area contributed by atoms with Crippen LogP contribution in [0, 0.1) is 0 Å². The molecule has 0 bridgehead atoms. The van der Waals surface area contributed by atoms with Gasteiger partial charge in [0.1, 0.15) is 0 Å². The molecule has 0 saturated heterocycles. The predicted molar refractivity (Wildman–Crippen MR) is 63.9 cm³/mol. The molecule has 0 aromatic rings. The van der Waals surface area contributed by atoms with Gasteiger partial charge in [0.2, 0.25) is 0 Å². The summed E-state index contributed by atoms with van der Waals surface area (Å²) in [5.41, 5.74) is 6.15. The first kappa shape index (κ1) is 10.8. The third-order valence-corrected chi connectivity index (χ3v) is 3.72. The third-order valence-electron chi connectivity index (χ3n) is 3.72. The maximum absolute atomic E-state index is 6.01. The van der Waals surface area contributed by atoms with Crippen LogP contribution in [0.4, 0.5) is 0 Å². The summed E-state index contributed by atoms with van der Waals surface area (Å²) >= 11 is 0. The van der Waals surface area contributed by atoms with Gasteiger partial charge in [-0.1, -0.05) is 25.7 Å². The molecule has 2 rings (SSSR count). The highest BCUT2D eigenvalue weighted by Crippen LogP contribution is 2.30. The van der Waals surface area contributed by atoms with E-state index in [9.17, 15) is 0 Å². The van der Waals surface area contributed by atoms with Gasteiger partial charge in [-0.3, -0.25) is 4.99 Å². The summed E-state index contributed by atoms with van der Waals surface area (Å²) in [5, 5.41) is 0. The number of hydrogen-bond acceptors (Lipinski definition) is 3. The fraction of sp³-hybridized carbons (Fsp3) is 0.917. The van der Waals surface area contributed by atoms with E-state index in [0.717, 1.165) is 12.5 Å². The minimum atomic E-state index is 0.138. The number of guanidine groups is 1. The molecule has 0 atom stereocenters. The molecular weight excluding hydrogens is 186 g/mol. The Morgan fingerprint density at radius 3 is 2.27 bits per heavy atom. The summed E-state index contributed by atoms with van der Waals surface area (Å²) in [4.78, 5) is 6.77. The van der Waals surface area contributed by atoms with Crippen molar-refractivity contribution in [1.29, 1.82) is 0 Å². The summed E-state index contributed by atoms with van der Waals surface area (Å²) in [6.07, 6.45) is 8.07. The molecule has 3 nitrogen and oxygen atoms in total. The van der Waals surface area contributed by atoms with Crippen molar-refractivity contribution < 1.29 is 0 Å². The lowest BCUT2D eigenvalue weighted by molar-refractivity contribution is 0.168. The van der Waals surface area contributed by atoms with E-state index in [0.29, 0.717) is 6.04 Å². The highest BCUT2D eigenvalue weighted by atomic mass is 15.4. The Balaban J connectivity index is 2.10. The second-order valence-electron chi connectivity index (χ2n) is 5.50. The van der Waals surface area contributed by atoms with Gasteiger partial charge in [-0.25, -0.2) is 0 Å². The SMILES string of the molecule is CC1(C)CN=C(N)N1C1CCCCCC1. The van der Waals surface area contributed by atoms with Crippen molar-refractivity contribution in [2.24, 2.45) is 10.7 Å². The highest BCUT2D eigenvalue weighted by Gasteiger charge is 2.37. The summed E-state index contributed by atoms with van der Waals surface area (Å²) < 4.78 is 0. The fourth-order valence-electron chi connectivity index (χ4n) is 2.93. The Bertz CT molecular complexity index is 250. The van der Waals surface area contributed by atoms with E-state index in [-0.39, 0.29) is 5.54 Å². The predicted octanol–water partition coefficient (Wildman–Crippen LogP) is 2.12. The Morgan fingerprint density at radius 2 is 1.80 bits per heavy atom. The largest absolute Gasteiger partial charge is 0.370 e. The van der Waals surface area contributed by atoms with Gasteiger partial charge in [0.05, 0.1) is 12.1 Å². The Labute approximate surface area is 92.7 Å². The third kappa shape index (κ3) is 2.11. The number of aliphatic imine (C=N–C) groups is 1. The van der Waals surface area contributed by atoms with Gasteiger partial charge in [0.15, 0.2) is 5.96 Å². The maximum Gasteiger partial charge on any atom is 0.192 e. The molecule has 1 saturated carbocycles. The van der Waals surface area contributed by atoms with Gasteiger partial charge in [-0.05, 0) is 26.7 Å². The molecule has 2 N–H and O–H groups in total. The van der Waals surface area contributed by atoms with E-state index in [1.54, 1.807) is 0 Å². The number of rotatable bonds is 1. The molecule has 0 spiro atoms. The van der Waals surface area contributed by atoms with Gasteiger partial charge >= 0.3 is 0 Å². The molecule has 0 unspecified atom stereocenters. The fourth-order valence-corrected chi connectivity index (χ4v) is 2.93. The average Bonchev–Trinajstić information content (AvgIpc) is 2.44. The minimum Gasteiger partial charge on any atom is -0.370 e. The van der Waals surface area contributed by atoms with Crippen LogP contribution in [-0.4, -0.2) is 29.0 Å². The van der Waals surface area contributed by atoms with Gasteiger partial charge in [-0.15, -0.1) is 0 Å². The van der Waals surface area contributed by atoms with Crippen molar-refractivity contribution in [1.82, 2.24) is 4.90 Å². The standard InChI is InChI=1S/C12H23N3/c1-12(2)9-14-11(13)15(12)10-7-5-3-4-6-8-10/h10H,3-9H2,1-2H3,(H2,13,14). The first-order valence-corrected chi connectivity index (χ1v) is 6.20. The Morgan fingerprint density at radius 1 is 1.20 bits per heavy atom. The molecule has 0 aromatic heterocycles. The molecule has 0 aromatic carbocycles. The van der Waals surface area contributed by atoms with Gasteiger partial charge in [0, 0.05) is 6.04 Å². The van der Waals surface area contributed by atoms with Crippen LogP contribution in [0.3, 0.4) is 0 Å². The van der Waals surface area contributed by atoms with Crippen molar-refractivity contribution in [3.05, 3.63) is 0 Å². The number of nitrogens with two attached hydrogens (primary N) is 1. The van der Waals surface area contributed by atoms with Gasteiger partial charge in [0.25, 0.3) is 0 Å². The van der Waals surface area contributed by atoms with Gasteiger partial charge < -0.3 is 10.6 Å². The van der Waals surface area contributed by atoms with E-state index in [1.165, 1.54) is 38.5 Å². The number of nitrogens with zero attached hydrogens (tertiary/aromatic N) is 2. The van der Waals surface area contributed by atoms with Gasteiger partial charge in [-0.2, -0.15) is 0 Å². The zero-order valence-corrected chi connectivity index (χ0v) is 10.00. The van der Waals surface area contributed by atoms with Crippen LogP contribution in [0.1, 0.15) is 52.4 Å². The Kier molecular flexibility index (Phi) is 2.89. The second-order valence-corrected chi connectivity index (χ2v) is 5.50. The lowest BCUT2D eigenvalue weighted by Crippen LogP contribution is -2.52. The number of hydrogen-bond donors (Lipinski definition) is 1. The van der Waals surface area contributed by atoms with Crippen molar-refractivity contribution in [3.8, 4) is 0 Å². The second kappa shape index (κ2) is 4.03. The van der Waals surface area contributed by atoms with Crippen molar-refractivity contribution in [2.75, 3.05) is 6.54 Å². The molecule has 2 aliphatic rings. The van der Waals surface area contributed by atoms with Crippen molar-refractivity contribution in [2.45, 2.75) is 64.0 Å². The molecular formula is C12H23N3. The van der Waals surface area contributed by atoms with Crippen molar-refractivity contribution >= 4 is 5.96 Å².